The number of hydrogen-bond acceptors (Lipinski definition) is 6. The van der Waals surface area contributed by atoms with Crippen LogP contribution in [0.4, 0.5) is 0 Å². The maximum absolute atomic E-state index is 12.4. The summed E-state index contributed by atoms with van der Waals surface area (Å²) in [4.78, 5) is 18.5. The zero-order chi connectivity index (χ0) is 17.3. The Labute approximate surface area is 140 Å². The Bertz CT molecular complexity index is 743. The van der Waals surface area contributed by atoms with Crippen molar-refractivity contribution < 1.29 is 18.8 Å². The Morgan fingerprint density at radius 1 is 1.29 bits per heavy atom. The van der Waals surface area contributed by atoms with Gasteiger partial charge in [-0.3, -0.25) is 4.79 Å². The number of amides is 1. The lowest BCUT2D eigenvalue weighted by molar-refractivity contribution is -0.129. The molecule has 7 heteroatoms. The minimum atomic E-state index is -0.0738. The molecule has 0 N–H and O–H groups in total. The van der Waals surface area contributed by atoms with Crippen molar-refractivity contribution in [3.05, 3.63) is 35.5 Å². The van der Waals surface area contributed by atoms with Gasteiger partial charge in [0.05, 0.1) is 20.3 Å². The third-order valence-corrected chi connectivity index (χ3v) is 4.42. The quantitative estimate of drug-likeness (QED) is 0.837. The topological polar surface area (TPSA) is 77.7 Å². The minimum Gasteiger partial charge on any atom is -0.493 e. The first-order valence-corrected chi connectivity index (χ1v) is 7.85. The fraction of sp³-hybridized carbons (Fsp3) is 0.471. The van der Waals surface area contributed by atoms with E-state index in [0.29, 0.717) is 36.2 Å². The van der Waals surface area contributed by atoms with Crippen LogP contribution in [0.5, 0.6) is 11.5 Å². The predicted molar refractivity (Wildman–Crippen MR) is 86.1 cm³/mol. The molecule has 0 radical (unpaired) electrons. The number of hydrogen-bond donors (Lipinski definition) is 0. The fourth-order valence-corrected chi connectivity index (χ4v) is 3.05. The molecule has 1 aromatic carbocycles. The second kappa shape index (κ2) is 6.51. The lowest BCUT2D eigenvalue weighted by Gasteiger charge is -2.25. The summed E-state index contributed by atoms with van der Waals surface area (Å²) < 4.78 is 15.6. The summed E-state index contributed by atoms with van der Waals surface area (Å²) in [5, 5.41) is 3.95. The van der Waals surface area contributed by atoms with Crippen LogP contribution in [0.2, 0.25) is 0 Å². The largest absolute Gasteiger partial charge is 0.493 e. The average molecular weight is 331 g/mol. The maximum Gasteiger partial charge on any atom is 0.223 e. The van der Waals surface area contributed by atoms with E-state index in [2.05, 4.69) is 10.1 Å². The van der Waals surface area contributed by atoms with Crippen LogP contribution in [0, 0.1) is 6.92 Å². The van der Waals surface area contributed by atoms with Gasteiger partial charge in [0.15, 0.2) is 17.3 Å². The number of methoxy groups -OCH3 is 2. The highest BCUT2D eigenvalue weighted by Gasteiger charge is 2.36. The Kier molecular flexibility index (Phi) is 4.42. The second-order valence-electron chi connectivity index (χ2n) is 5.91. The number of likely N-dealkylation sites (tertiary alicyclic amines) is 1. The second-order valence-corrected chi connectivity index (χ2v) is 5.91. The zero-order valence-electron chi connectivity index (χ0n) is 14.3. The van der Waals surface area contributed by atoms with Gasteiger partial charge in [0.1, 0.15) is 0 Å². The molecule has 1 aliphatic heterocycles. The normalized spacial score (nSPS) is 18.8. The highest BCUT2D eigenvalue weighted by atomic mass is 16.5. The molecule has 0 spiro atoms. The van der Waals surface area contributed by atoms with E-state index in [-0.39, 0.29) is 17.9 Å². The number of ether oxygens (including phenoxy) is 2. The SMILES string of the molecule is COc1ccc(C(C)N2CC(c3noc(C)n3)CC2=O)cc1OC. The minimum absolute atomic E-state index is 0.0301. The van der Waals surface area contributed by atoms with Crippen LogP contribution in [0.15, 0.2) is 22.7 Å². The van der Waals surface area contributed by atoms with Crippen LogP contribution in [-0.2, 0) is 4.79 Å². The van der Waals surface area contributed by atoms with Gasteiger partial charge in [-0.2, -0.15) is 4.98 Å². The number of aromatic nitrogens is 2. The number of carbonyl (C=O) groups is 1. The fourth-order valence-electron chi connectivity index (χ4n) is 3.05. The molecule has 128 valence electrons. The van der Waals surface area contributed by atoms with E-state index < -0.39 is 0 Å². The monoisotopic (exact) mass is 331 g/mol. The molecule has 1 fully saturated rings. The predicted octanol–water partition coefficient (Wildman–Crippen LogP) is 2.47. The summed E-state index contributed by atoms with van der Waals surface area (Å²) in [7, 11) is 3.20. The lowest BCUT2D eigenvalue weighted by Crippen LogP contribution is -2.28. The molecule has 2 unspecified atom stereocenters. The van der Waals surface area contributed by atoms with E-state index in [1.165, 1.54) is 0 Å². The highest BCUT2D eigenvalue weighted by molar-refractivity contribution is 5.80. The summed E-state index contributed by atoms with van der Waals surface area (Å²) in [5.41, 5.74) is 0.992. The molecular weight excluding hydrogens is 310 g/mol. The maximum atomic E-state index is 12.4. The van der Waals surface area contributed by atoms with Crippen LogP contribution >= 0.6 is 0 Å². The zero-order valence-corrected chi connectivity index (χ0v) is 14.3. The van der Waals surface area contributed by atoms with Crippen LogP contribution in [-0.4, -0.2) is 41.7 Å². The third-order valence-electron chi connectivity index (χ3n) is 4.42. The van der Waals surface area contributed by atoms with Crippen molar-refractivity contribution in [1.82, 2.24) is 15.0 Å². The molecule has 1 aromatic heterocycles. The van der Waals surface area contributed by atoms with Crippen molar-refractivity contribution in [3.8, 4) is 11.5 Å². The van der Waals surface area contributed by atoms with Gasteiger partial charge < -0.3 is 18.9 Å². The molecule has 1 saturated heterocycles. The first-order valence-electron chi connectivity index (χ1n) is 7.85. The summed E-state index contributed by atoms with van der Waals surface area (Å²) in [5.74, 6) is 2.49. The Morgan fingerprint density at radius 3 is 2.67 bits per heavy atom. The molecule has 2 aromatic rings. The van der Waals surface area contributed by atoms with Gasteiger partial charge >= 0.3 is 0 Å². The summed E-state index contributed by atoms with van der Waals surface area (Å²) in [6, 6.07) is 5.63. The van der Waals surface area contributed by atoms with Crippen molar-refractivity contribution in [2.75, 3.05) is 20.8 Å². The summed E-state index contributed by atoms with van der Waals surface area (Å²) in [6.45, 7) is 4.33. The standard InChI is InChI=1S/C17H21N3O4/c1-10(12-5-6-14(22-3)15(7-12)23-4)20-9-13(8-16(20)21)17-18-11(2)24-19-17/h5-7,10,13H,8-9H2,1-4H3. The molecule has 1 aliphatic rings. The number of nitrogens with zero attached hydrogens (tertiary/aromatic N) is 3. The van der Waals surface area contributed by atoms with E-state index in [1.807, 2.05) is 30.0 Å². The van der Waals surface area contributed by atoms with Gasteiger partial charge in [-0.1, -0.05) is 11.2 Å². The van der Waals surface area contributed by atoms with Crippen LogP contribution in [0.1, 0.15) is 42.6 Å². The first kappa shape index (κ1) is 16.3. The molecule has 1 amide bonds. The van der Waals surface area contributed by atoms with Crippen molar-refractivity contribution >= 4 is 5.91 Å². The smallest absolute Gasteiger partial charge is 0.223 e. The molecule has 3 rings (SSSR count). The number of rotatable bonds is 5. The lowest BCUT2D eigenvalue weighted by atomic mass is 10.1. The molecule has 0 bridgehead atoms. The van der Waals surface area contributed by atoms with Crippen LogP contribution in [0.25, 0.3) is 0 Å². The van der Waals surface area contributed by atoms with Crippen molar-refractivity contribution in [3.63, 3.8) is 0 Å². The summed E-state index contributed by atoms with van der Waals surface area (Å²) >= 11 is 0. The van der Waals surface area contributed by atoms with Crippen molar-refractivity contribution in [2.24, 2.45) is 0 Å². The molecular formula is C17H21N3O4. The number of benzene rings is 1. The Balaban J connectivity index is 1.80. The average Bonchev–Trinajstić information content (AvgIpc) is 3.19. The molecule has 0 saturated carbocycles. The van der Waals surface area contributed by atoms with Gasteiger partial charge in [-0.15, -0.1) is 0 Å². The van der Waals surface area contributed by atoms with Crippen molar-refractivity contribution in [1.29, 1.82) is 0 Å². The first-order chi connectivity index (χ1) is 11.5. The Hall–Kier alpha value is -2.57. The van der Waals surface area contributed by atoms with E-state index in [9.17, 15) is 4.79 Å². The summed E-state index contributed by atoms with van der Waals surface area (Å²) in [6.07, 6.45) is 0.399. The van der Waals surface area contributed by atoms with Gasteiger partial charge in [0.2, 0.25) is 11.8 Å². The molecule has 0 aliphatic carbocycles. The van der Waals surface area contributed by atoms with Crippen molar-refractivity contribution in [2.45, 2.75) is 32.2 Å². The van der Waals surface area contributed by atoms with Gasteiger partial charge in [-0.05, 0) is 24.6 Å². The van der Waals surface area contributed by atoms with E-state index in [0.717, 1.165) is 5.56 Å². The van der Waals surface area contributed by atoms with Crippen LogP contribution in [0.3, 0.4) is 0 Å². The van der Waals surface area contributed by atoms with Gasteiger partial charge in [0.25, 0.3) is 0 Å². The number of aryl methyl sites for hydroxylation is 1. The third kappa shape index (κ3) is 2.93. The number of carbonyl (C=O) groups excluding carboxylic acids is 1. The molecule has 2 atom stereocenters. The van der Waals surface area contributed by atoms with Crippen LogP contribution < -0.4 is 9.47 Å². The highest BCUT2D eigenvalue weighted by Crippen LogP contribution is 2.36. The van der Waals surface area contributed by atoms with E-state index >= 15 is 0 Å². The van der Waals surface area contributed by atoms with E-state index in [4.69, 9.17) is 14.0 Å². The van der Waals surface area contributed by atoms with E-state index in [1.54, 1.807) is 21.1 Å². The van der Waals surface area contributed by atoms with Gasteiger partial charge in [0, 0.05) is 25.8 Å². The molecule has 7 nitrogen and oxygen atoms in total. The molecule has 2 heterocycles. The van der Waals surface area contributed by atoms with Gasteiger partial charge in [-0.25, -0.2) is 0 Å². The Morgan fingerprint density at radius 2 is 2.04 bits per heavy atom. The molecule has 24 heavy (non-hydrogen) atoms.